The summed E-state index contributed by atoms with van der Waals surface area (Å²) in [5, 5.41) is 8.75. The van der Waals surface area contributed by atoms with Crippen molar-refractivity contribution < 1.29 is 19.0 Å². The number of halogens is 1. The smallest absolute Gasteiger partial charge is 0.262 e. The predicted molar refractivity (Wildman–Crippen MR) is 136 cm³/mol. The number of carbonyl (C=O) groups excluding carboxylic acids is 1. The first-order chi connectivity index (χ1) is 16.8. The number of ether oxygens (including phenoxy) is 3. The van der Waals surface area contributed by atoms with Crippen LogP contribution in [0, 0.1) is 13.8 Å². The number of nitrogens with zero attached hydrogens (tertiary/aromatic N) is 3. The number of methoxy groups -OCH3 is 2. The lowest BCUT2D eigenvalue weighted by molar-refractivity contribution is -0.118. The van der Waals surface area contributed by atoms with E-state index in [1.807, 2.05) is 26.0 Å². The van der Waals surface area contributed by atoms with E-state index in [1.54, 1.807) is 22.9 Å². The Morgan fingerprint density at radius 2 is 1.77 bits per heavy atom. The van der Waals surface area contributed by atoms with E-state index in [1.165, 1.54) is 19.8 Å². The van der Waals surface area contributed by atoms with E-state index < -0.39 is 0 Å². The third-order valence-corrected chi connectivity index (χ3v) is 5.97. The second kappa shape index (κ2) is 10.2. The first-order valence-corrected chi connectivity index (χ1v) is 11.5. The van der Waals surface area contributed by atoms with Crippen molar-refractivity contribution in [3.8, 4) is 23.1 Å². The van der Waals surface area contributed by atoms with Crippen LogP contribution in [0.1, 0.15) is 23.7 Å². The molecule has 1 N–H and O–H groups in total. The molecule has 0 fully saturated rings. The molecule has 2 aromatic heterocycles. The van der Waals surface area contributed by atoms with Crippen LogP contribution in [-0.2, 0) is 11.2 Å². The molecule has 0 atom stereocenters. The Bertz CT molecular complexity index is 1380. The molecule has 2 heterocycles. The minimum Gasteiger partial charge on any atom is -0.495 e. The zero-order valence-corrected chi connectivity index (χ0v) is 21.1. The molecule has 35 heavy (non-hydrogen) atoms. The molecule has 0 spiro atoms. The minimum absolute atomic E-state index is 0.247. The highest BCUT2D eigenvalue weighted by Crippen LogP contribution is 2.36. The molecular weight excluding hydrogens is 468 g/mol. The third kappa shape index (κ3) is 5.02. The van der Waals surface area contributed by atoms with Crippen LogP contribution >= 0.6 is 11.6 Å². The van der Waals surface area contributed by atoms with Gasteiger partial charge in [-0.25, -0.2) is 4.68 Å². The average Bonchev–Trinajstić information content (AvgIpc) is 3.19. The number of anilines is 1. The van der Waals surface area contributed by atoms with Crippen LogP contribution in [0.2, 0.25) is 5.02 Å². The molecule has 4 aromatic rings. The fourth-order valence-corrected chi connectivity index (χ4v) is 4.13. The number of rotatable bonds is 8. The van der Waals surface area contributed by atoms with Crippen LogP contribution in [0.4, 0.5) is 5.69 Å². The SMILES string of the molecule is CCc1ccc(-n2nc(C)c3c(C)cc(OCC(=O)Nc4cc(Cl)c(OC)cc4OC)nc32)cc1. The van der Waals surface area contributed by atoms with Crippen molar-refractivity contribution in [2.45, 2.75) is 27.2 Å². The Morgan fingerprint density at radius 1 is 1.06 bits per heavy atom. The lowest BCUT2D eigenvalue weighted by Gasteiger charge is -2.13. The first-order valence-electron chi connectivity index (χ1n) is 11.1. The van der Waals surface area contributed by atoms with Gasteiger partial charge >= 0.3 is 0 Å². The molecule has 0 aliphatic carbocycles. The summed E-state index contributed by atoms with van der Waals surface area (Å²) in [7, 11) is 3.00. The van der Waals surface area contributed by atoms with Gasteiger partial charge in [-0.2, -0.15) is 10.1 Å². The second-order valence-corrected chi connectivity index (χ2v) is 8.42. The molecule has 9 heteroatoms. The Hall–Kier alpha value is -3.78. The van der Waals surface area contributed by atoms with Crippen molar-refractivity contribution >= 4 is 34.2 Å². The maximum absolute atomic E-state index is 12.6. The van der Waals surface area contributed by atoms with Crippen LogP contribution in [0.5, 0.6) is 17.4 Å². The van der Waals surface area contributed by atoms with Gasteiger partial charge in [0.15, 0.2) is 12.3 Å². The number of amides is 1. The van der Waals surface area contributed by atoms with E-state index in [0.29, 0.717) is 33.7 Å². The summed E-state index contributed by atoms with van der Waals surface area (Å²) in [4.78, 5) is 17.3. The summed E-state index contributed by atoms with van der Waals surface area (Å²) >= 11 is 6.19. The van der Waals surface area contributed by atoms with Gasteiger partial charge in [0.25, 0.3) is 5.91 Å². The van der Waals surface area contributed by atoms with E-state index in [2.05, 4.69) is 29.4 Å². The molecule has 182 valence electrons. The van der Waals surface area contributed by atoms with Crippen molar-refractivity contribution in [1.29, 1.82) is 0 Å². The summed E-state index contributed by atoms with van der Waals surface area (Å²) in [6.45, 7) is 5.80. The first kappa shape index (κ1) is 24.3. The lowest BCUT2D eigenvalue weighted by atomic mass is 10.1. The van der Waals surface area contributed by atoms with Crippen molar-refractivity contribution in [2.24, 2.45) is 0 Å². The van der Waals surface area contributed by atoms with Crippen LogP contribution in [0.25, 0.3) is 16.7 Å². The van der Waals surface area contributed by atoms with Crippen molar-refractivity contribution in [2.75, 3.05) is 26.1 Å². The zero-order chi connectivity index (χ0) is 25.1. The van der Waals surface area contributed by atoms with Gasteiger partial charge in [0.1, 0.15) is 11.5 Å². The molecule has 0 radical (unpaired) electrons. The van der Waals surface area contributed by atoms with Crippen LogP contribution < -0.4 is 19.5 Å². The highest BCUT2D eigenvalue weighted by atomic mass is 35.5. The van der Waals surface area contributed by atoms with E-state index in [4.69, 9.17) is 30.9 Å². The summed E-state index contributed by atoms with van der Waals surface area (Å²) in [6.07, 6.45) is 0.963. The molecule has 8 nitrogen and oxygen atoms in total. The van der Waals surface area contributed by atoms with Gasteiger partial charge in [-0.1, -0.05) is 30.7 Å². The summed E-state index contributed by atoms with van der Waals surface area (Å²) in [6, 6.07) is 13.2. The molecule has 0 saturated carbocycles. The van der Waals surface area contributed by atoms with Gasteiger partial charge in [0.05, 0.1) is 36.3 Å². The highest BCUT2D eigenvalue weighted by Gasteiger charge is 2.17. The molecule has 0 aliphatic rings. The van der Waals surface area contributed by atoms with Gasteiger partial charge < -0.3 is 19.5 Å². The number of aryl methyl sites for hydroxylation is 3. The van der Waals surface area contributed by atoms with E-state index in [-0.39, 0.29) is 12.5 Å². The lowest BCUT2D eigenvalue weighted by Crippen LogP contribution is -2.21. The van der Waals surface area contributed by atoms with Crippen LogP contribution in [0.3, 0.4) is 0 Å². The fourth-order valence-electron chi connectivity index (χ4n) is 3.88. The number of benzene rings is 2. The maximum Gasteiger partial charge on any atom is 0.262 e. The van der Waals surface area contributed by atoms with Crippen molar-refractivity contribution in [3.05, 3.63) is 64.3 Å². The minimum atomic E-state index is -0.385. The van der Waals surface area contributed by atoms with Gasteiger partial charge in [-0.15, -0.1) is 0 Å². The predicted octanol–water partition coefficient (Wildman–Crippen LogP) is 5.29. The molecule has 0 aliphatic heterocycles. The number of hydrogen-bond donors (Lipinski definition) is 1. The van der Waals surface area contributed by atoms with Gasteiger partial charge in [0, 0.05) is 17.5 Å². The molecule has 4 rings (SSSR count). The zero-order valence-electron chi connectivity index (χ0n) is 20.3. The summed E-state index contributed by atoms with van der Waals surface area (Å²) in [5.41, 5.74) is 5.07. The number of pyridine rings is 1. The maximum atomic E-state index is 12.6. The molecular formula is C26H27ClN4O4. The Balaban J connectivity index is 1.56. The van der Waals surface area contributed by atoms with Gasteiger partial charge in [-0.05, 0) is 49.6 Å². The van der Waals surface area contributed by atoms with Gasteiger partial charge in [0.2, 0.25) is 5.88 Å². The summed E-state index contributed by atoms with van der Waals surface area (Å²) in [5.74, 6) is 0.811. The van der Waals surface area contributed by atoms with Crippen molar-refractivity contribution in [3.63, 3.8) is 0 Å². The monoisotopic (exact) mass is 494 g/mol. The molecule has 0 unspecified atom stereocenters. The Labute approximate surface area is 208 Å². The molecule has 0 saturated heterocycles. The summed E-state index contributed by atoms with van der Waals surface area (Å²) < 4.78 is 18.1. The number of hydrogen-bond acceptors (Lipinski definition) is 6. The number of fused-ring (bicyclic) bond motifs is 1. The standard InChI is InChI=1S/C26H27ClN4O4/c1-6-17-7-9-18(10-8-17)31-26-25(16(3)30-31)15(2)11-24(29-26)35-14-23(32)28-20-12-19(27)21(33-4)13-22(20)34-5/h7-13H,6,14H2,1-5H3,(H,28,32). The number of carbonyl (C=O) groups is 1. The second-order valence-electron chi connectivity index (χ2n) is 8.02. The number of aromatic nitrogens is 3. The van der Waals surface area contributed by atoms with Crippen LogP contribution in [0.15, 0.2) is 42.5 Å². The largest absolute Gasteiger partial charge is 0.495 e. The molecule has 2 aromatic carbocycles. The third-order valence-electron chi connectivity index (χ3n) is 5.67. The Kier molecular flexibility index (Phi) is 7.12. The van der Waals surface area contributed by atoms with Crippen LogP contribution in [-0.4, -0.2) is 41.5 Å². The van der Waals surface area contributed by atoms with E-state index in [0.717, 1.165) is 28.8 Å². The molecule has 1 amide bonds. The average molecular weight is 495 g/mol. The normalized spacial score (nSPS) is 10.9. The Morgan fingerprint density at radius 3 is 2.43 bits per heavy atom. The molecule has 0 bridgehead atoms. The van der Waals surface area contributed by atoms with E-state index >= 15 is 0 Å². The number of nitrogens with one attached hydrogen (secondary N) is 1. The van der Waals surface area contributed by atoms with Crippen molar-refractivity contribution in [1.82, 2.24) is 14.8 Å². The highest BCUT2D eigenvalue weighted by molar-refractivity contribution is 6.32. The quantitative estimate of drug-likeness (QED) is 0.358. The van der Waals surface area contributed by atoms with Gasteiger partial charge in [-0.3, -0.25) is 4.79 Å². The topological polar surface area (TPSA) is 87.5 Å². The fraction of sp³-hybridized carbons (Fsp3) is 0.269. The van der Waals surface area contributed by atoms with E-state index in [9.17, 15) is 4.79 Å².